The van der Waals surface area contributed by atoms with E-state index in [4.69, 9.17) is 0 Å². The van der Waals surface area contributed by atoms with Gasteiger partial charge >= 0.3 is 0 Å². The molecule has 4 heteroatoms. The summed E-state index contributed by atoms with van der Waals surface area (Å²) >= 11 is 0. The van der Waals surface area contributed by atoms with Crippen LogP contribution in [0.2, 0.25) is 0 Å². The number of hydrogen-bond donors (Lipinski definition) is 0. The fourth-order valence-electron chi connectivity index (χ4n) is 3.46. The zero-order valence-corrected chi connectivity index (χ0v) is 23.7. The highest BCUT2D eigenvalue weighted by molar-refractivity contribution is 5.58. The topological polar surface area (TPSA) is 51.6 Å². The summed E-state index contributed by atoms with van der Waals surface area (Å²) in [6.07, 6.45) is 10.9. The van der Waals surface area contributed by atoms with Crippen LogP contribution in [0.25, 0.3) is 11.3 Å². The van der Waals surface area contributed by atoms with Gasteiger partial charge in [-0.2, -0.15) is 0 Å². The molecule has 4 aromatic rings. The molecule has 0 aliphatic rings. The third-order valence-corrected chi connectivity index (χ3v) is 5.86. The molecular weight excluding hydrogens is 452 g/mol. The zero-order chi connectivity index (χ0) is 27.0. The second kappa shape index (κ2) is 16.4. The standard InChI is InChI=1S/C14H15N.C12H19N.C7H10N2/c1-11(2)13-9-6-10-14(15-13)12-7-4-3-5-8-12;1-4-5-6-11-7-8-12(10(2)3)13-9-11;1-6(2)7-5-8-3-4-9-7/h3-11H,1-2H3;7-10H,4-6H2,1-3H3;3-6H,1-2H3. The molecule has 0 saturated carbocycles. The van der Waals surface area contributed by atoms with Gasteiger partial charge in [0.15, 0.2) is 0 Å². The van der Waals surface area contributed by atoms with Crippen LogP contribution in [0.1, 0.15) is 102 Å². The van der Waals surface area contributed by atoms with E-state index in [1.54, 1.807) is 18.6 Å². The van der Waals surface area contributed by atoms with Crippen molar-refractivity contribution in [1.82, 2.24) is 19.9 Å². The number of pyridine rings is 2. The molecule has 3 heterocycles. The highest BCUT2D eigenvalue weighted by Gasteiger charge is 2.03. The molecule has 0 unspecified atom stereocenters. The van der Waals surface area contributed by atoms with E-state index >= 15 is 0 Å². The largest absolute Gasteiger partial charge is 0.261 e. The van der Waals surface area contributed by atoms with Crippen molar-refractivity contribution >= 4 is 0 Å². The van der Waals surface area contributed by atoms with E-state index in [0.29, 0.717) is 17.8 Å². The quantitative estimate of drug-likeness (QED) is 0.256. The average Bonchev–Trinajstić information content (AvgIpc) is 2.94. The summed E-state index contributed by atoms with van der Waals surface area (Å²) in [6.45, 7) is 15.1. The maximum atomic E-state index is 4.64. The van der Waals surface area contributed by atoms with Gasteiger partial charge in [-0.05, 0) is 54.4 Å². The minimum atomic E-state index is 0.480. The Kier molecular flexibility index (Phi) is 13.2. The fourth-order valence-corrected chi connectivity index (χ4v) is 3.46. The van der Waals surface area contributed by atoms with E-state index in [1.165, 1.54) is 36.1 Å². The Hall–Kier alpha value is -3.40. The minimum absolute atomic E-state index is 0.480. The third-order valence-electron chi connectivity index (χ3n) is 5.86. The van der Waals surface area contributed by atoms with Gasteiger partial charge in [-0.25, -0.2) is 0 Å². The van der Waals surface area contributed by atoms with Gasteiger partial charge in [-0.3, -0.25) is 19.9 Å². The highest BCUT2D eigenvalue weighted by Crippen LogP contribution is 2.19. The van der Waals surface area contributed by atoms with Crippen LogP contribution in [0.15, 0.2) is 85.5 Å². The van der Waals surface area contributed by atoms with Crippen LogP contribution < -0.4 is 0 Å². The third kappa shape index (κ3) is 11.0. The van der Waals surface area contributed by atoms with Gasteiger partial charge in [0.25, 0.3) is 0 Å². The molecule has 0 amide bonds. The van der Waals surface area contributed by atoms with Gasteiger partial charge in [0.1, 0.15) is 0 Å². The minimum Gasteiger partial charge on any atom is -0.261 e. The number of nitrogens with zero attached hydrogens (tertiary/aromatic N) is 4. The van der Waals surface area contributed by atoms with Crippen molar-refractivity contribution in [3.63, 3.8) is 0 Å². The Morgan fingerprint density at radius 1 is 0.622 bits per heavy atom. The van der Waals surface area contributed by atoms with Gasteiger partial charge in [-0.1, -0.05) is 97.4 Å². The summed E-state index contributed by atoms with van der Waals surface area (Å²) in [7, 11) is 0. The molecule has 37 heavy (non-hydrogen) atoms. The van der Waals surface area contributed by atoms with E-state index in [0.717, 1.165) is 17.1 Å². The van der Waals surface area contributed by atoms with Crippen LogP contribution >= 0.6 is 0 Å². The maximum absolute atomic E-state index is 4.64. The number of hydrogen-bond acceptors (Lipinski definition) is 4. The van der Waals surface area contributed by atoms with E-state index in [2.05, 4.69) is 111 Å². The Morgan fingerprint density at radius 2 is 1.32 bits per heavy atom. The molecule has 3 aromatic heterocycles. The maximum Gasteiger partial charge on any atom is 0.0705 e. The summed E-state index contributed by atoms with van der Waals surface area (Å²) in [5.41, 5.74) is 7.00. The smallest absolute Gasteiger partial charge is 0.0705 e. The van der Waals surface area contributed by atoms with Gasteiger partial charge in [-0.15, -0.1) is 0 Å². The molecule has 0 fully saturated rings. The first kappa shape index (κ1) is 29.8. The van der Waals surface area contributed by atoms with E-state index in [-0.39, 0.29) is 0 Å². The molecule has 0 spiro atoms. The molecule has 0 saturated heterocycles. The molecule has 0 aliphatic heterocycles. The van der Waals surface area contributed by atoms with Gasteiger partial charge < -0.3 is 0 Å². The van der Waals surface area contributed by atoms with Crippen molar-refractivity contribution in [1.29, 1.82) is 0 Å². The van der Waals surface area contributed by atoms with Gasteiger partial charge in [0.05, 0.1) is 11.4 Å². The van der Waals surface area contributed by atoms with Crippen LogP contribution in [0, 0.1) is 0 Å². The first-order valence-electron chi connectivity index (χ1n) is 13.5. The van der Waals surface area contributed by atoms with Crippen molar-refractivity contribution in [3.05, 3.63) is 108 Å². The van der Waals surface area contributed by atoms with Crippen LogP contribution in [-0.2, 0) is 6.42 Å². The molecule has 4 rings (SSSR count). The number of aromatic nitrogens is 4. The number of unbranched alkanes of at least 4 members (excludes halogenated alkanes) is 1. The fraction of sp³-hybridized carbons (Fsp3) is 0.394. The predicted octanol–water partition coefficient (Wildman–Crippen LogP) is 9.02. The van der Waals surface area contributed by atoms with Crippen molar-refractivity contribution in [3.8, 4) is 11.3 Å². The summed E-state index contributed by atoms with van der Waals surface area (Å²) < 4.78 is 0. The average molecular weight is 497 g/mol. The first-order chi connectivity index (χ1) is 17.8. The van der Waals surface area contributed by atoms with Crippen LogP contribution in [0.5, 0.6) is 0 Å². The SMILES string of the molecule is CC(C)c1cccc(-c2ccccc2)n1.CC(C)c1cnccn1.CCCCc1ccc(C(C)C)nc1. The lowest BCUT2D eigenvalue weighted by atomic mass is 10.1. The number of aryl methyl sites for hydroxylation is 1. The van der Waals surface area contributed by atoms with Crippen LogP contribution in [-0.4, -0.2) is 19.9 Å². The Balaban J connectivity index is 0.000000201. The molecule has 0 N–H and O–H groups in total. The Labute approximate surface area is 224 Å². The summed E-state index contributed by atoms with van der Waals surface area (Å²) in [5.74, 6) is 1.51. The number of benzene rings is 1. The Morgan fingerprint density at radius 3 is 1.84 bits per heavy atom. The monoisotopic (exact) mass is 496 g/mol. The first-order valence-corrected chi connectivity index (χ1v) is 13.5. The van der Waals surface area contributed by atoms with E-state index in [9.17, 15) is 0 Å². The number of rotatable bonds is 7. The van der Waals surface area contributed by atoms with Crippen molar-refractivity contribution in [2.75, 3.05) is 0 Å². The van der Waals surface area contributed by atoms with Crippen molar-refractivity contribution in [2.45, 2.75) is 85.5 Å². The second-order valence-corrected chi connectivity index (χ2v) is 10.1. The molecule has 1 aromatic carbocycles. The van der Waals surface area contributed by atoms with E-state index < -0.39 is 0 Å². The molecule has 0 bridgehead atoms. The van der Waals surface area contributed by atoms with Crippen LogP contribution in [0.4, 0.5) is 0 Å². The lowest BCUT2D eigenvalue weighted by Crippen LogP contribution is -1.93. The summed E-state index contributed by atoms with van der Waals surface area (Å²) in [4.78, 5) is 17.1. The van der Waals surface area contributed by atoms with Gasteiger partial charge in [0.2, 0.25) is 0 Å². The summed E-state index contributed by atoms with van der Waals surface area (Å²) in [6, 6.07) is 20.9. The Bertz CT molecular complexity index is 1120. The predicted molar refractivity (Wildman–Crippen MR) is 157 cm³/mol. The van der Waals surface area contributed by atoms with Crippen molar-refractivity contribution in [2.24, 2.45) is 0 Å². The van der Waals surface area contributed by atoms with Gasteiger partial charge in [0, 0.05) is 41.7 Å². The van der Waals surface area contributed by atoms with Crippen LogP contribution in [0.3, 0.4) is 0 Å². The highest BCUT2D eigenvalue weighted by atomic mass is 14.8. The van der Waals surface area contributed by atoms with Crippen molar-refractivity contribution < 1.29 is 0 Å². The normalized spacial score (nSPS) is 10.5. The molecule has 0 radical (unpaired) electrons. The summed E-state index contributed by atoms with van der Waals surface area (Å²) in [5, 5.41) is 0. The molecule has 4 nitrogen and oxygen atoms in total. The second-order valence-electron chi connectivity index (χ2n) is 10.1. The lowest BCUT2D eigenvalue weighted by Gasteiger charge is -2.06. The zero-order valence-electron chi connectivity index (χ0n) is 23.7. The molecule has 196 valence electrons. The molecular formula is C33H44N4. The van der Waals surface area contributed by atoms with E-state index in [1.807, 2.05) is 24.4 Å². The lowest BCUT2D eigenvalue weighted by molar-refractivity contribution is 0.780. The molecule has 0 atom stereocenters. The molecule has 0 aliphatic carbocycles.